The summed E-state index contributed by atoms with van der Waals surface area (Å²) in [4.78, 5) is 14.7. The monoisotopic (exact) mass is 278 g/mol. The van der Waals surface area contributed by atoms with E-state index in [2.05, 4.69) is 17.3 Å². The summed E-state index contributed by atoms with van der Waals surface area (Å²) in [5.74, 6) is 0.150. The summed E-state index contributed by atoms with van der Waals surface area (Å²) in [6.45, 7) is 8.61. The summed E-state index contributed by atoms with van der Waals surface area (Å²) < 4.78 is 1.96. The van der Waals surface area contributed by atoms with E-state index in [1.54, 1.807) is 0 Å². The molecule has 20 heavy (non-hydrogen) atoms. The molecule has 112 valence electrons. The van der Waals surface area contributed by atoms with Crippen molar-refractivity contribution in [2.45, 2.75) is 52.6 Å². The Morgan fingerprint density at radius 2 is 2.00 bits per heavy atom. The topological polar surface area (TPSA) is 50.2 Å². The summed E-state index contributed by atoms with van der Waals surface area (Å²) in [5, 5.41) is 7.80. The molecule has 1 N–H and O–H groups in total. The first-order chi connectivity index (χ1) is 9.58. The Morgan fingerprint density at radius 1 is 1.35 bits per heavy atom. The maximum absolute atomic E-state index is 12.7. The van der Waals surface area contributed by atoms with Crippen molar-refractivity contribution in [2.24, 2.45) is 0 Å². The van der Waals surface area contributed by atoms with Gasteiger partial charge in [-0.1, -0.05) is 6.92 Å². The number of aromatic nitrogens is 2. The number of aryl methyl sites for hydroxylation is 2. The molecule has 2 heterocycles. The predicted octanol–water partition coefficient (Wildman–Crippen LogP) is 1.73. The first-order valence-electron chi connectivity index (χ1n) is 7.59. The van der Waals surface area contributed by atoms with E-state index >= 15 is 0 Å². The number of carbonyl (C=O) groups excluding carboxylic acids is 1. The zero-order valence-corrected chi connectivity index (χ0v) is 13.1. The second-order valence-corrected chi connectivity index (χ2v) is 5.62. The molecule has 0 atom stereocenters. The van der Waals surface area contributed by atoms with Crippen LogP contribution in [0.1, 0.15) is 47.9 Å². The Kier molecular flexibility index (Phi) is 4.81. The van der Waals surface area contributed by atoms with Crippen LogP contribution in [0.3, 0.4) is 0 Å². The second-order valence-electron chi connectivity index (χ2n) is 5.62. The SMILES string of the molecule is CCCn1nc(C)c(C(=O)N2CCC(NC)CC2)c1C. The molecule has 2 rings (SSSR count). The van der Waals surface area contributed by atoms with E-state index in [4.69, 9.17) is 0 Å². The Labute approximate surface area is 121 Å². The highest BCUT2D eigenvalue weighted by Gasteiger charge is 2.26. The van der Waals surface area contributed by atoms with Gasteiger partial charge in [-0.05, 0) is 40.2 Å². The quantitative estimate of drug-likeness (QED) is 0.912. The zero-order chi connectivity index (χ0) is 14.7. The fraction of sp³-hybridized carbons (Fsp3) is 0.733. The van der Waals surface area contributed by atoms with E-state index in [1.807, 2.05) is 30.5 Å². The molecule has 1 saturated heterocycles. The minimum atomic E-state index is 0.150. The first-order valence-corrected chi connectivity index (χ1v) is 7.59. The average molecular weight is 278 g/mol. The van der Waals surface area contributed by atoms with Crippen molar-refractivity contribution in [2.75, 3.05) is 20.1 Å². The average Bonchev–Trinajstić information content (AvgIpc) is 2.73. The van der Waals surface area contributed by atoms with Crippen molar-refractivity contribution in [3.8, 4) is 0 Å². The minimum absolute atomic E-state index is 0.150. The van der Waals surface area contributed by atoms with Crippen LogP contribution in [0.15, 0.2) is 0 Å². The maximum Gasteiger partial charge on any atom is 0.257 e. The Hall–Kier alpha value is -1.36. The number of nitrogens with one attached hydrogen (secondary N) is 1. The van der Waals surface area contributed by atoms with Crippen molar-refractivity contribution in [3.63, 3.8) is 0 Å². The molecule has 0 aliphatic carbocycles. The molecule has 0 aromatic carbocycles. The van der Waals surface area contributed by atoms with E-state index in [0.717, 1.165) is 55.8 Å². The van der Waals surface area contributed by atoms with Gasteiger partial charge in [-0.2, -0.15) is 5.10 Å². The van der Waals surface area contributed by atoms with Gasteiger partial charge in [0.15, 0.2) is 0 Å². The third-order valence-corrected chi connectivity index (χ3v) is 4.22. The highest BCUT2D eigenvalue weighted by atomic mass is 16.2. The van der Waals surface area contributed by atoms with E-state index < -0.39 is 0 Å². The van der Waals surface area contributed by atoms with Crippen molar-refractivity contribution >= 4 is 5.91 Å². The molecular weight excluding hydrogens is 252 g/mol. The lowest BCUT2D eigenvalue weighted by Gasteiger charge is -2.31. The summed E-state index contributed by atoms with van der Waals surface area (Å²) in [6, 6.07) is 0.545. The fourth-order valence-electron chi connectivity index (χ4n) is 2.97. The molecule has 0 bridgehead atoms. The molecule has 1 amide bonds. The summed E-state index contributed by atoms with van der Waals surface area (Å²) in [6.07, 6.45) is 3.09. The van der Waals surface area contributed by atoms with E-state index in [0.29, 0.717) is 6.04 Å². The molecule has 1 aliphatic rings. The third-order valence-electron chi connectivity index (χ3n) is 4.22. The highest BCUT2D eigenvalue weighted by molar-refractivity contribution is 5.96. The molecule has 1 fully saturated rings. The van der Waals surface area contributed by atoms with Gasteiger partial charge in [0.2, 0.25) is 0 Å². The molecule has 5 heteroatoms. The number of rotatable bonds is 4. The standard InChI is InChI=1S/C15H26N4O/c1-5-8-19-12(3)14(11(2)17-19)15(20)18-9-6-13(16-4)7-10-18/h13,16H,5-10H2,1-4H3. The molecular formula is C15H26N4O. The molecule has 5 nitrogen and oxygen atoms in total. The van der Waals surface area contributed by atoms with Crippen LogP contribution in [-0.4, -0.2) is 46.8 Å². The number of hydrogen-bond donors (Lipinski definition) is 1. The molecule has 0 unspecified atom stereocenters. The molecule has 0 radical (unpaired) electrons. The Balaban J connectivity index is 2.13. The van der Waals surface area contributed by atoms with Crippen molar-refractivity contribution in [1.29, 1.82) is 0 Å². The third kappa shape index (κ3) is 2.87. The van der Waals surface area contributed by atoms with Crippen molar-refractivity contribution in [1.82, 2.24) is 20.0 Å². The normalized spacial score (nSPS) is 16.7. The van der Waals surface area contributed by atoms with E-state index in [-0.39, 0.29) is 5.91 Å². The first kappa shape index (κ1) is 15.0. The van der Waals surface area contributed by atoms with Crippen LogP contribution in [0, 0.1) is 13.8 Å². The van der Waals surface area contributed by atoms with Crippen LogP contribution >= 0.6 is 0 Å². The maximum atomic E-state index is 12.7. The van der Waals surface area contributed by atoms with Gasteiger partial charge in [-0.25, -0.2) is 0 Å². The largest absolute Gasteiger partial charge is 0.338 e. The number of piperidine rings is 1. The predicted molar refractivity (Wildman–Crippen MR) is 80.0 cm³/mol. The van der Waals surface area contributed by atoms with E-state index in [9.17, 15) is 4.79 Å². The van der Waals surface area contributed by atoms with Crippen LogP contribution in [0.4, 0.5) is 0 Å². The molecule has 1 aromatic heterocycles. The van der Waals surface area contributed by atoms with Crippen LogP contribution in [0.25, 0.3) is 0 Å². The summed E-state index contributed by atoms with van der Waals surface area (Å²) in [5.41, 5.74) is 2.67. The lowest BCUT2D eigenvalue weighted by atomic mass is 10.0. The fourth-order valence-corrected chi connectivity index (χ4v) is 2.97. The molecule has 0 saturated carbocycles. The van der Waals surface area contributed by atoms with Crippen LogP contribution in [0.5, 0.6) is 0 Å². The van der Waals surface area contributed by atoms with Gasteiger partial charge >= 0.3 is 0 Å². The smallest absolute Gasteiger partial charge is 0.257 e. The van der Waals surface area contributed by atoms with Gasteiger partial charge in [-0.15, -0.1) is 0 Å². The summed E-state index contributed by atoms with van der Waals surface area (Å²) in [7, 11) is 1.99. The Morgan fingerprint density at radius 3 is 2.55 bits per heavy atom. The van der Waals surface area contributed by atoms with Gasteiger partial charge in [0.1, 0.15) is 0 Å². The van der Waals surface area contributed by atoms with Gasteiger partial charge in [0.05, 0.1) is 11.3 Å². The van der Waals surface area contributed by atoms with Crippen LogP contribution < -0.4 is 5.32 Å². The molecule has 1 aliphatic heterocycles. The Bertz CT molecular complexity index is 472. The van der Waals surface area contributed by atoms with Gasteiger partial charge in [0, 0.05) is 31.4 Å². The number of likely N-dealkylation sites (tertiary alicyclic amines) is 1. The van der Waals surface area contributed by atoms with Crippen LogP contribution in [0.2, 0.25) is 0 Å². The number of hydrogen-bond acceptors (Lipinski definition) is 3. The van der Waals surface area contributed by atoms with Crippen molar-refractivity contribution in [3.05, 3.63) is 17.0 Å². The molecule has 0 spiro atoms. The van der Waals surface area contributed by atoms with Crippen molar-refractivity contribution < 1.29 is 4.79 Å². The van der Waals surface area contributed by atoms with E-state index in [1.165, 1.54) is 0 Å². The zero-order valence-electron chi connectivity index (χ0n) is 13.1. The summed E-state index contributed by atoms with van der Waals surface area (Å²) >= 11 is 0. The van der Waals surface area contributed by atoms with Gasteiger partial charge in [0.25, 0.3) is 5.91 Å². The number of carbonyl (C=O) groups is 1. The lowest BCUT2D eigenvalue weighted by molar-refractivity contribution is 0.0705. The molecule has 1 aromatic rings. The van der Waals surface area contributed by atoms with Crippen LogP contribution in [-0.2, 0) is 6.54 Å². The second kappa shape index (κ2) is 6.39. The van der Waals surface area contributed by atoms with Gasteiger partial charge < -0.3 is 10.2 Å². The highest BCUT2D eigenvalue weighted by Crippen LogP contribution is 2.19. The van der Waals surface area contributed by atoms with Gasteiger partial charge in [-0.3, -0.25) is 9.48 Å². The minimum Gasteiger partial charge on any atom is -0.338 e. The number of nitrogens with zero attached hydrogens (tertiary/aromatic N) is 3. The lowest BCUT2D eigenvalue weighted by Crippen LogP contribution is -2.44. The number of amides is 1.